The van der Waals surface area contributed by atoms with Gasteiger partial charge in [0.2, 0.25) is 5.89 Å². The van der Waals surface area contributed by atoms with E-state index in [1.165, 1.54) is 11.3 Å². The number of benzene rings is 1. The summed E-state index contributed by atoms with van der Waals surface area (Å²) in [7, 11) is 0. The average Bonchev–Trinajstić information content (AvgIpc) is 2.97. The predicted octanol–water partition coefficient (Wildman–Crippen LogP) is 2.72. The van der Waals surface area contributed by atoms with Crippen LogP contribution in [0, 0.1) is 6.92 Å². The van der Waals surface area contributed by atoms with Gasteiger partial charge in [0.15, 0.2) is 0 Å². The van der Waals surface area contributed by atoms with E-state index in [2.05, 4.69) is 31.6 Å². The van der Waals surface area contributed by atoms with Crippen LogP contribution in [0.4, 0.5) is 18.9 Å². The van der Waals surface area contributed by atoms with Crippen LogP contribution in [0.1, 0.15) is 17.3 Å². The van der Waals surface area contributed by atoms with E-state index >= 15 is 0 Å². The molecule has 2 heterocycles. The largest absolute Gasteiger partial charge is 0.470 e. The summed E-state index contributed by atoms with van der Waals surface area (Å²) in [5.74, 6) is -1.28. The van der Waals surface area contributed by atoms with Crippen LogP contribution in [-0.2, 0) is 12.7 Å². The first kappa shape index (κ1) is 15.8. The third-order valence-corrected chi connectivity index (χ3v) is 3.81. The van der Waals surface area contributed by atoms with Gasteiger partial charge in [-0.15, -0.1) is 10.2 Å². The molecule has 1 saturated heterocycles. The molecule has 3 rings (SSSR count). The minimum absolute atomic E-state index is 0.00123. The van der Waals surface area contributed by atoms with E-state index in [-0.39, 0.29) is 12.4 Å². The van der Waals surface area contributed by atoms with Crippen molar-refractivity contribution in [2.45, 2.75) is 19.6 Å². The normalized spacial score (nSPS) is 16.8. The first-order valence-electron chi connectivity index (χ1n) is 7.35. The van der Waals surface area contributed by atoms with E-state index in [1.54, 1.807) is 0 Å². The molecule has 0 aliphatic carbocycles. The van der Waals surface area contributed by atoms with Crippen LogP contribution in [0.2, 0.25) is 0 Å². The summed E-state index contributed by atoms with van der Waals surface area (Å²) in [6.07, 6.45) is -4.59. The second kappa shape index (κ2) is 6.19. The van der Waals surface area contributed by atoms with Gasteiger partial charge in [-0.1, -0.05) is 12.1 Å². The molecule has 1 aliphatic heterocycles. The highest BCUT2D eigenvalue weighted by Crippen LogP contribution is 2.28. The molecule has 0 bridgehead atoms. The van der Waals surface area contributed by atoms with Crippen molar-refractivity contribution in [3.05, 3.63) is 41.6 Å². The van der Waals surface area contributed by atoms with Crippen molar-refractivity contribution in [3.63, 3.8) is 0 Å². The molecule has 0 N–H and O–H groups in total. The van der Waals surface area contributed by atoms with Gasteiger partial charge < -0.3 is 9.32 Å². The third kappa shape index (κ3) is 3.82. The van der Waals surface area contributed by atoms with E-state index in [9.17, 15) is 13.2 Å². The summed E-state index contributed by atoms with van der Waals surface area (Å²) in [5, 5.41) is 6.52. The van der Waals surface area contributed by atoms with Crippen LogP contribution in [0.5, 0.6) is 0 Å². The Balaban J connectivity index is 1.56. The first-order valence-corrected chi connectivity index (χ1v) is 7.35. The maximum absolute atomic E-state index is 12.4. The molecule has 5 nitrogen and oxygen atoms in total. The summed E-state index contributed by atoms with van der Waals surface area (Å²) < 4.78 is 42.0. The Morgan fingerprint density at radius 1 is 1.13 bits per heavy atom. The van der Waals surface area contributed by atoms with Crippen LogP contribution >= 0.6 is 0 Å². The smallest absolute Gasteiger partial charge is 0.416 e. The standard InChI is InChI=1S/C15H17F3N4O/c1-11-3-2-4-12(9-11)22-7-5-21(6-8-22)10-13-19-20-14(23-13)15(16,17)18/h2-4,9H,5-8,10H2,1H3. The molecule has 1 fully saturated rings. The van der Waals surface area contributed by atoms with Crippen molar-refractivity contribution in [1.29, 1.82) is 0 Å². The third-order valence-electron chi connectivity index (χ3n) is 3.81. The molecule has 0 saturated carbocycles. The second-order valence-electron chi connectivity index (χ2n) is 5.60. The fraction of sp³-hybridized carbons (Fsp3) is 0.467. The molecule has 0 atom stereocenters. The van der Waals surface area contributed by atoms with Gasteiger partial charge in [-0.3, -0.25) is 4.90 Å². The van der Waals surface area contributed by atoms with E-state index < -0.39 is 12.1 Å². The maximum atomic E-state index is 12.4. The molecule has 1 aromatic carbocycles. The van der Waals surface area contributed by atoms with Gasteiger partial charge in [-0.2, -0.15) is 13.2 Å². The molecule has 2 aromatic rings. The van der Waals surface area contributed by atoms with Crippen molar-refractivity contribution in [3.8, 4) is 0 Å². The predicted molar refractivity (Wildman–Crippen MR) is 78.0 cm³/mol. The molecule has 1 aliphatic rings. The fourth-order valence-corrected chi connectivity index (χ4v) is 2.61. The maximum Gasteiger partial charge on any atom is 0.470 e. The second-order valence-corrected chi connectivity index (χ2v) is 5.60. The molecule has 0 radical (unpaired) electrons. The zero-order chi connectivity index (χ0) is 16.4. The monoisotopic (exact) mass is 326 g/mol. The SMILES string of the molecule is Cc1cccc(N2CCN(Cc3nnc(C(F)(F)F)o3)CC2)c1. The van der Waals surface area contributed by atoms with Gasteiger partial charge in [0, 0.05) is 31.9 Å². The van der Waals surface area contributed by atoms with Crippen LogP contribution in [0.3, 0.4) is 0 Å². The highest BCUT2D eigenvalue weighted by molar-refractivity contribution is 5.48. The summed E-state index contributed by atoms with van der Waals surface area (Å²) in [6.45, 7) is 5.38. The zero-order valence-corrected chi connectivity index (χ0v) is 12.7. The number of piperazine rings is 1. The van der Waals surface area contributed by atoms with Gasteiger partial charge in [0.25, 0.3) is 0 Å². The van der Waals surface area contributed by atoms with E-state index in [4.69, 9.17) is 0 Å². The molecular formula is C15H17F3N4O. The quantitative estimate of drug-likeness (QED) is 0.868. The number of hydrogen-bond donors (Lipinski definition) is 0. The molecule has 23 heavy (non-hydrogen) atoms. The number of anilines is 1. The summed E-state index contributed by atoms with van der Waals surface area (Å²) in [6, 6.07) is 8.27. The van der Waals surface area contributed by atoms with Gasteiger partial charge in [-0.25, -0.2) is 0 Å². The van der Waals surface area contributed by atoms with Crippen molar-refractivity contribution in [2.75, 3.05) is 31.1 Å². The number of aromatic nitrogens is 2. The molecule has 0 spiro atoms. The Morgan fingerprint density at radius 2 is 1.87 bits per heavy atom. The molecule has 0 unspecified atom stereocenters. The van der Waals surface area contributed by atoms with Crippen molar-refractivity contribution >= 4 is 5.69 Å². The van der Waals surface area contributed by atoms with Crippen LogP contribution in [-0.4, -0.2) is 41.3 Å². The topological polar surface area (TPSA) is 45.4 Å². The van der Waals surface area contributed by atoms with Gasteiger partial charge in [0.1, 0.15) is 0 Å². The minimum Gasteiger partial charge on any atom is -0.416 e. The fourth-order valence-electron chi connectivity index (χ4n) is 2.61. The molecule has 1 aromatic heterocycles. The summed E-state index contributed by atoms with van der Waals surface area (Å²) >= 11 is 0. The lowest BCUT2D eigenvalue weighted by molar-refractivity contribution is -0.157. The number of hydrogen-bond acceptors (Lipinski definition) is 5. The van der Waals surface area contributed by atoms with Crippen molar-refractivity contribution in [2.24, 2.45) is 0 Å². The first-order chi connectivity index (χ1) is 10.9. The Kier molecular flexibility index (Phi) is 4.25. The lowest BCUT2D eigenvalue weighted by Crippen LogP contribution is -2.46. The van der Waals surface area contributed by atoms with E-state index in [0.717, 1.165) is 26.2 Å². The lowest BCUT2D eigenvalue weighted by atomic mass is 10.2. The van der Waals surface area contributed by atoms with Crippen molar-refractivity contribution in [1.82, 2.24) is 15.1 Å². The zero-order valence-electron chi connectivity index (χ0n) is 12.7. The molecule has 8 heteroatoms. The van der Waals surface area contributed by atoms with E-state index in [1.807, 2.05) is 24.0 Å². The van der Waals surface area contributed by atoms with Crippen LogP contribution < -0.4 is 4.90 Å². The van der Waals surface area contributed by atoms with Gasteiger partial charge in [-0.05, 0) is 24.6 Å². The highest BCUT2D eigenvalue weighted by Gasteiger charge is 2.38. The Hall–Kier alpha value is -2.09. The lowest BCUT2D eigenvalue weighted by Gasteiger charge is -2.35. The average molecular weight is 326 g/mol. The highest BCUT2D eigenvalue weighted by atomic mass is 19.4. The molecular weight excluding hydrogens is 309 g/mol. The molecule has 124 valence electrons. The number of rotatable bonds is 3. The number of alkyl halides is 3. The Labute approximate surface area is 131 Å². The Bertz CT molecular complexity index is 663. The number of aryl methyl sites for hydroxylation is 1. The number of halogens is 3. The van der Waals surface area contributed by atoms with Crippen LogP contribution in [0.25, 0.3) is 0 Å². The number of nitrogens with zero attached hydrogens (tertiary/aromatic N) is 4. The van der Waals surface area contributed by atoms with Gasteiger partial charge in [0.05, 0.1) is 6.54 Å². The molecule has 0 amide bonds. The Morgan fingerprint density at radius 3 is 2.48 bits per heavy atom. The van der Waals surface area contributed by atoms with Crippen molar-refractivity contribution < 1.29 is 17.6 Å². The van der Waals surface area contributed by atoms with E-state index in [0.29, 0.717) is 0 Å². The minimum atomic E-state index is -4.59. The van der Waals surface area contributed by atoms with Crippen LogP contribution in [0.15, 0.2) is 28.7 Å². The van der Waals surface area contributed by atoms with Gasteiger partial charge >= 0.3 is 12.1 Å². The summed E-state index contributed by atoms with van der Waals surface area (Å²) in [4.78, 5) is 4.28. The summed E-state index contributed by atoms with van der Waals surface area (Å²) in [5.41, 5.74) is 2.37.